The second-order valence-corrected chi connectivity index (χ2v) is 9.18. The molecule has 0 rings (SSSR count). The van der Waals surface area contributed by atoms with E-state index in [9.17, 15) is 18.1 Å². The molecule has 0 aromatic carbocycles. The predicted octanol–water partition coefficient (Wildman–Crippen LogP) is 5.89. The van der Waals surface area contributed by atoms with Gasteiger partial charge in [0.05, 0.1) is 11.4 Å². The highest BCUT2D eigenvalue weighted by molar-refractivity contribution is 7.86. The highest BCUT2D eigenvalue weighted by Crippen LogP contribution is 2.19. The van der Waals surface area contributed by atoms with Gasteiger partial charge in [-0.2, -0.15) is 8.42 Å². The molecule has 2 N–H and O–H groups in total. The average Bonchev–Trinajstić information content (AvgIpc) is 2.54. The molecule has 0 aliphatic carbocycles. The van der Waals surface area contributed by atoms with Gasteiger partial charge in [-0.15, -0.1) is 0 Å². The minimum atomic E-state index is -3.97. The third kappa shape index (κ3) is 15.8. The number of unbranched alkanes of at least 4 members (excludes halogenated alkanes) is 9. The second kappa shape index (κ2) is 16.1. The highest BCUT2D eigenvalue weighted by Gasteiger charge is 2.22. The molecule has 0 aliphatic rings. The molecule has 0 fully saturated rings. The van der Waals surface area contributed by atoms with Crippen LogP contribution >= 0.6 is 0 Å². The van der Waals surface area contributed by atoms with E-state index in [0.29, 0.717) is 25.7 Å². The fourth-order valence-corrected chi connectivity index (χ4v) is 4.29. The van der Waals surface area contributed by atoms with Gasteiger partial charge in [0.2, 0.25) is 0 Å². The first kappa shape index (κ1) is 24.9. The standard InChI is InChI=1S/C20H42O4S/c1-3-5-6-7-8-9-10-11-12-13-17-20(25(22,23)24)18-14-16-19(21)15-4-2/h19-21H,3-18H2,1-2H3,(H,22,23,24). The summed E-state index contributed by atoms with van der Waals surface area (Å²) in [6, 6.07) is 0. The summed E-state index contributed by atoms with van der Waals surface area (Å²) in [6.07, 6.45) is 15.8. The molecule has 0 saturated heterocycles. The molecule has 0 radical (unpaired) electrons. The number of aliphatic hydroxyl groups excluding tert-OH is 1. The van der Waals surface area contributed by atoms with Gasteiger partial charge in [0.1, 0.15) is 0 Å². The minimum absolute atomic E-state index is 0.343. The van der Waals surface area contributed by atoms with Crippen molar-refractivity contribution in [2.75, 3.05) is 0 Å². The smallest absolute Gasteiger partial charge is 0.267 e. The van der Waals surface area contributed by atoms with E-state index in [1.165, 1.54) is 44.9 Å². The zero-order valence-electron chi connectivity index (χ0n) is 16.6. The number of hydrogen-bond acceptors (Lipinski definition) is 3. The highest BCUT2D eigenvalue weighted by atomic mass is 32.2. The summed E-state index contributed by atoms with van der Waals surface area (Å²) >= 11 is 0. The molecule has 0 spiro atoms. The molecule has 2 unspecified atom stereocenters. The lowest BCUT2D eigenvalue weighted by Gasteiger charge is -2.15. The fourth-order valence-electron chi connectivity index (χ4n) is 3.36. The van der Waals surface area contributed by atoms with Gasteiger partial charge in [0, 0.05) is 0 Å². The summed E-state index contributed by atoms with van der Waals surface area (Å²) in [5, 5.41) is 9.06. The first-order chi connectivity index (χ1) is 11.9. The average molecular weight is 379 g/mol. The van der Waals surface area contributed by atoms with E-state index >= 15 is 0 Å². The predicted molar refractivity (Wildman–Crippen MR) is 107 cm³/mol. The summed E-state index contributed by atoms with van der Waals surface area (Å²) in [6.45, 7) is 4.25. The van der Waals surface area contributed by atoms with Crippen molar-refractivity contribution >= 4 is 10.1 Å². The molecule has 25 heavy (non-hydrogen) atoms. The van der Waals surface area contributed by atoms with E-state index in [2.05, 4.69) is 6.92 Å². The van der Waals surface area contributed by atoms with Crippen molar-refractivity contribution in [2.45, 2.75) is 128 Å². The van der Waals surface area contributed by atoms with Crippen LogP contribution in [-0.2, 0) is 10.1 Å². The van der Waals surface area contributed by atoms with Crippen molar-refractivity contribution in [1.29, 1.82) is 0 Å². The van der Waals surface area contributed by atoms with Gasteiger partial charge in [-0.3, -0.25) is 4.55 Å². The van der Waals surface area contributed by atoms with Crippen molar-refractivity contribution in [2.24, 2.45) is 0 Å². The zero-order valence-corrected chi connectivity index (χ0v) is 17.4. The molecule has 0 saturated carbocycles. The van der Waals surface area contributed by atoms with Crippen LogP contribution in [0.5, 0.6) is 0 Å². The fraction of sp³-hybridized carbons (Fsp3) is 1.00. The van der Waals surface area contributed by atoms with Gasteiger partial charge in [0.25, 0.3) is 10.1 Å². The van der Waals surface area contributed by atoms with Crippen LogP contribution in [0.25, 0.3) is 0 Å². The summed E-state index contributed by atoms with van der Waals surface area (Å²) in [5.41, 5.74) is 0. The molecular weight excluding hydrogens is 336 g/mol. The summed E-state index contributed by atoms with van der Waals surface area (Å²) in [4.78, 5) is 0. The van der Waals surface area contributed by atoms with Crippen molar-refractivity contribution in [1.82, 2.24) is 0 Å². The molecule has 0 heterocycles. The molecule has 0 bridgehead atoms. The van der Waals surface area contributed by atoms with E-state index in [4.69, 9.17) is 0 Å². The third-order valence-corrected chi connectivity index (χ3v) is 6.30. The van der Waals surface area contributed by atoms with Crippen LogP contribution < -0.4 is 0 Å². The van der Waals surface area contributed by atoms with E-state index < -0.39 is 15.4 Å². The Balaban J connectivity index is 3.77. The van der Waals surface area contributed by atoms with Gasteiger partial charge < -0.3 is 5.11 Å². The second-order valence-electron chi connectivity index (χ2n) is 7.48. The van der Waals surface area contributed by atoms with Crippen molar-refractivity contribution in [3.8, 4) is 0 Å². The van der Waals surface area contributed by atoms with Gasteiger partial charge in [-0.25, -0.2) is 0 Å². The monoisotopic (exact) mass is 378 g/mol. The van der Waals surface area contributed by atoms with Crippen molar-refractivity contribution < 1.29 is 18.1 Å². The van der Waals surface area contributed by atoms with Crippen LogP contribution in [0.3, 0.4) is 0 Å². The molecule has 0 aromatic rings. The van der Waals surface area contributed by atoms with Crippen LogP contribution in [0, 0.1) is 0 Å². The van der Waals surface area contributed by atoms with Crippen LogP contribution in [-0.4, -0.2) is 29.4 Å². The molecule has 4 nitrogen and oxygen atoms in total. The lowest BCUT2D eigenvalue weighted by Crippen LogP contribution is -2.21. The summed E-state index contributed by atoms with van der Waals surface area (Å²) in [7, 11) is -3.97. The van der Waals surface area contributed by atoms with Gasteiger partial charge in [0.15, 0.2) is 0 Å². The maximum absolute atomic E-state index is 11.5. The lowest BCUT2D eigenvalue weighted by molar-refractivity contribution is 0.150. The Kier molecular flexibility index (Phi) is 16.0. The van der Waals surface area contributed by atoms with Gasteiger partial charge >= 0.3 is 0 Å². The molecule has 2 atom stereocenters. The van der Waals surface area contributed by atoms with Crippen LogP contribution in [0.4, 0.5) is 0 Å². The molecule has 0 amide bonds. The van der Waals surface area contributed by atoms with Gasteiger partial charge in [-0.1, -0.05) is 84.5 Å². The Morgan fingerprint density at radius 3 is 1.60 bits per heavy atom. The number of hydrogen-bond donors (Lipinski definition) is 2. The largest absolute Gasteiger partial charge is 0.393 e. The zero-order chi connectivity index (χ0) is 19.0. The van der Waals surface area contributed by atoms with E-state index in [0.717, 1.165) is 32.1 Å². The molecule has 152 valence electrons. The third-order valence-electron chi connectivity index (χ3n) is 4.99. The Morgan fingerprint density at radius 1 is 0.640 bits per heavy atom. The maximum atomic E-state index is 11.5. The Hall–Kier alpha value is -0.130. The van der Waals surface area contributed by atoms with E-state index in [1.54, 1.807) is 0 Å². The van der Waals surface area contributed by atoms with Crippen LogP contribution in [0.15, 0.2) is 0 Å². The Morgan fingerprint density at radius 2 is 1.12 bits per heavy atom. The Labute approximate surface area is 156 Å². The Bertz CT molecular complexity index is 381. The van der Waals surface area contributed by atoms with E-state index in [1.807, 2.05) is 6.92 Å². The maximum Gasteiger partial charge on any atom is 0.267 e. The lowest BCUT2D eigenvalue weighted by atomic mass is 10.0. The molecular formula is C20H42O4S. The normalized spacial score (nSPS) is 14.6. The minimum Gasteiger partial charge on any atom is -0.393 e. The SMILES string of the molecule is CCCCCCCCCCCCC(CCCC(O)CCC)S(=O)(=O)O. The first-order valence-corrected chi connectivity index (χ1v) is 12.1. The molecule has 5 heteroatoms. The number of aliphatic hydroxyl groups is 1. The van der Waals surface area contributed by atoms with Crippen molar-refractivity contribution in [3.05, 3.63) is 0 Å². The molecule has 0 aromatic heterocycles. The summed E-state index contributed by atoms with van der Waals surface area (Å²) < 4.78 is 32.4. The van der Waals surface area contributed by atoms with Crippen LogP contribution in [0.2, 0.25) is 0 Å². The van der Waals surface area contributed by atoms with Gasteiger partial charge in [-0.05, 0) is 32.1 Å². The first-order valence-electron chi connectivity index (χ1n) is 10.6. The van der Waals surface area contributed by atoms with Crippen molar-refractivity contribution in [3.63, 3.8) is 0 Å². The quantitative estimate of drug-likeness (QED) is 0.230. The van der Waals surface area contributed by atoms with E-state index in [-0.39, 0.29) is 6.10 Å². The molecule has 0 aliphatic heterocycles. The topological polar surface area (TPSA) is 74.6 Å². The number of rotatable bonds is 18. The summed E-state index contributed by atoms with van der Waals surface area (Å²) in [5.74, 6) is 0. The van der Waals surface area contributed by atoms with Crippen LogP contribution in [0.1, 0.15) is 117 Å².